The molecule has 5 heteroatoms. The van der Waals surface area contributed by atoms with Crippen LogP contribution in [0.2, 0.25) is 0 Å². The Morgan fingerprint density at radius 3 is 2.32 bits per heavy atom. The Hall–Kier alpha value is -3.28. The van der Waals surface area contributed by atoms with Crippen molar-refractivity contribution in [3.8, 4) is 0 Å². The number of sulfonamides is 1. The molecule has 0 aliphatic carbocycles. The van der Waals surface area contributed by atoms with Crippen molar-refractivity contribution in [2.45, 2.75) is 29.0 Å². The highest BCUT2D eigenvalue weighted by Crippen LogP contribution is 2.35. The van der Waals surface area contributed by atoms with E-state index in [0.717, 1.165) is 32.9 Å². The summed E-state index contributed by atoms with van der Waals surface area (Å²) >= 11 is 1.72. The fourth-order valence-corrected chi connectivity index (χ4v) is 6.47. The maximum atomic E-state index is 13.9. The first-order chi connectivity index (χ1) is 16.5. The van der Waals surface area contributed by atoms with Crippen LogP contribution >= 0.6 is 11.8 Å². The average Bonchev–Trinajstić information content (AvgIpc) is 2.85. The summed E-state index contributed by atoms with van der Waals surface area (Å²) in [6.45, 7) is 2.21. The normalized spacial score (nSPS) is 13.7. The topological polar surface area (TPSA) is 37.4 Å². The predicted molar refractivity (Wildman–Crippen MR) is 142 cm³/mol. The van der Waals surface area contributed by atoms with Crippen molar-refractivity contribution < 1.29 is 8.42 Å². The largest absolute Gasteiger partial charge is 0.264 e. The van der Waals surface area contributed by atoms with Crippen LogP contribution in [0.4, 0.5) is 5.69 Å². The second-order valence-corrected chi connectivity index (χ2v) is 11.3. The second kappa shape index (κ2) is 9.53. The van der Waals surface area contributed by atoms with Crippen LogP contribution in [0.5, 0.6) is 0 Å². The molecule has 0 aromatic heterocycles. The van der Waals surface area contributed by atoms with Crippen LogP contribution in [-0.4, -0.2) is 8.42 Å². The quantitative estimate of drug-likeness (QED) is 0.289. The van der Waals surface area contributed by atoms with Crippen LogP contribution in [0.25, 0.3) is 12.2 Å². The summed E-state index contributed by atoms with van der Waals surface area (Å²) in [6.07, 6.45) is 4.21. The van der Waals surface area contributed by atoms with E-state index in [1.54, 1.807) is 23.9 Å². The van der Waals surface area contributed by atoms with Crippen LogP contribution in [0.1, 0.15) is 27.8 Å². The SMILES string of the molecule is Cc1ccc(S(=O)(=O)N2Cc3cccc(c3/C=C\c3ccccc3)CSc3cccc2c3)cc1. The van der Waals surface area contributed by atoms with Crippen molar-refractivity contribution in [3.63, 3.8) is 0 Å². The van der Waals surface area contributed by atoms with Gasteiger partial charge in [-0.15, -0.1) is 11.8 Å². The molecule has 0 radical (unpaired) electrons. The molecule has 0 saturated carbocycles. The Morgan fingerprint density at radius 1 is 0.794 bits per heavy atom. The van der Waals surface area contributed by atoms with Gasteiger partial charge in [0.2, 0.25) is 0 Å². The third-order valence-electron chi connectivity index (χ3n) is 5.95. The van der Waals surface area contributed by atoms with E-state index in [9.17, 15) is 8.42 Å². The molecule has 1 aliphatic rings. The van der Waals surface area contributed by atoms with E-state index in [1.165, 1.54) is 9.87 Å². The maximum Gasteiger partial charge on any atom is 0.264 e. The molecule has 4 bridgehead atoms. The van der Waals surface area contributed by atoms with Crippen molar-refractivity contribution in [3.05, 3.63) is 125 Å². The second-order valence-electron chi connectivity index (χ2n) is 8.34. The molecule has 4 aromatic rings. The van der Waals surface area contributed by atoms with Gasteiger partial charge in [0.15, 0.2) is 0 Å². The summed E-state index contributed by atoms with van der Waals surface area (Å²) in [5.41, 5.74) is 6.06. The third-order valence-corrected chi connectivity index (χ3v) is 8.78. The fourth-order valence-electron chi connectivity index (χ4n) is 4.08. The minimum absolute atomic E-state index is 0.257. The Bertz CT molecular complexity index is 1440. The highest BCUT2D eigenvalue weighted by molar-refractivity contribution is 7.98. The third kappa shape index (κ3) is 4.67. The van der Waals surface area contributed by atoms with E-state index < -0.39 is 10.0 Å². The Balaban J connectivity index is 1.64. The molecule has 0 unspecified atom stereocenters. The van der Waals surface area contributed by atoms with Gasteiger partial charge in [-0.05, 0) is 59.5 Å². The number of fused-ring (bicyclic) bond motifs is 4. The van der Waals surface area contributed by atoms with Crippen LogP contribution < -0.4 is 4.31 Å². The van der Waals surface area contributed by atoms with Crippen LogP contribution in [0, 0.1) is 6.92 Å². The monoisotopic (exact) mass is 483 g/mol. The molecular formula is C29H25NO2S2. The predicted octanol–water partition coefficient (Wildman–Crippen LogP) is 7.17. The van der Waals surface area contributed by atoms with Crippen molar-refractivity contribution in [1.29, 1.82) is 0 Å². The number of nitrogens with zero attached hydrogens (tertiary/aromatic N) is 1. The Labute approximate surface area is 205 Å². The van der Waals surface area contributed by atoms with Gasteiger partial charge in [0.1, 0.15) is 0 Å². The molecule has 0 saturated heterocycles. The molecule has 5 rings (SSSR count). The highest BCUT2D eigenvalue weighted by atomic mass is 32.2. The molecule has 1 aliphatic heterocycles. The number of thioether (sulfide) groups is 1. The van der Waals surface area contributed by atoms with Crippen molar-refractivity contribution in [1.82, 2.24) is 0 Å². The van der Waals surface area contributed by atoms with Crippen molar-refractivity contribution >= 4 is 39.6 Å². The molecular weight excluding hydrogens is 458 g/mol. The zero-order valence-corrected chi connectivity index (χ0v) is 20.5. The highest BCUT2D eigenvalue weighted by Gasteiger charge is 2.27. The molecule has 0 N–H and O–H groups in total. The molecule has 1 heterocycles. The first-order valence-electron chi connectivity index (χ1n) is 11.2. The van der Waals surface area contributed by atoms with Gasteiger partial charge in [0, 0.05) is 10.6 Å². The number of hydrogen-bond acceptors (Lipinski definition) is 3. The van der Waals surface area contributed by atoms with Gasteiger partial charge < -0.3 is 0 Å². The summed E-state index contributed by atoms with van der Waals surface area (Å²) in [5.74, 6) is 0.816. The van der Waals surface area contributed by atoms with Gasteiger partial charge in [-0.25, -0.2) is 8.42 Å². The van der Waals surface area contributed by atoms with E-state index in [1.807, 2.05) is 73.7 Å². The van der Waals surface area contributed by atoms with Crippen LogP contribution in [-0.2, 0) is 22.3 Å². The smallest absolute Gasteiger partial charge is 0.262 e. The first-order valence-corrected chi connectivity index (χ1v) is 13.6. The van der Waals surface area contributed by atoms with E-state index in [-0.39, 0.29) is 6.54 Å². The lowest BCUT2D eigenvalue weighted by molar-refractivity contribution is 0.590. The molecule has 0 amide bonds. The van der Waals surface area contributed by atoms with Crippen LogP contribution in [0.15, 0.2) is 107 Å². The molecule has 4 aromatic carbocycles. The van der Waals surface area contributed by atoms with Crippen molar-refractivity contribution in [2.24, 2.45) is 0 Å². The van der Waals surface area contributed by atoms with Gasteiger partial charge in [-0.3, -0.25) is 4.31 Å². The molecule has 0 fully saturated rings. The fraction of sp³-hybridized carbons (Fsp3) is 0.103. The van der Waals surface area contributed by atoms with Crippen LogP contribution in [0.3, 0.4) is 0 Å². The molecule has 0 spiro atoms. The maximum absolute atomic E-state index is 13.9. The van der Waals surface area contributed by atoms with E-state index >= 15 is 0 Å². The first kappa shape index (κ1) is 22.5. The molecule has 34 heavy (non-hydrogen) atoms. The lowest BCUT2D eigenvalue weighted by Gasteiger charge is -2.27. The standard InChI is InChI=1S/C29H25NO2S2/c1-22-13-16-28(17-14-22)34(31,32)30-20-24-9-5-10-25(21-33-27-12-6-11-26(30)19-27)29(24)18-15-23-7-3-2-4-8-23/h2-19H,20-21H2,1H3/b18-15-. The number of hydrogen-bond donors (Lipinski definition) is 0. The average molecular weight is 484 g/mol. The number of aryl methyl sites for hydroxylation is 1. The summed E-state index contributed by atoms with van der Waals surface area (Å²) in [4.78, 5) is 1.35. The van der Waals surface area contributed by atoms with E-state index in [2.05, 4.69) is 30.4 Å². The summed E-state index contributed by atoms with van der Waals surface area (Å²) in [7, 11) is -3.76. The summed E-state index contributed by atoms with van der Waals surface area (Å²) in [5, 5.41) is 0. The Kier molecular flexibility index (Phi) is 6.31. The lowest BCUT2D eigenvalue weighted by Crippen LogP contribution is -2.31. The van der Waals surface area contributed by atoms with Gasteiger partial charge in [-0.2, -0.15) is 0 Å². The van der Waals surface area contributed by atoms with E-state index in [4.69, 9.17) is 0 Å². The van der Waals surface area contributed by atoms with Crippen molar-refractivity contribution in [2.75, 3.05) is 4.31 Å². The zero-order valence-electron chi connectivity index (χ0n) is 18.9. The minimum Gasteiger partial charge on any atom is -0.262 e. The molecule has 0 atom stereocenters. The van der Waals surface area contributed by atoms with Gasteiger partial charge in [0.05, 0.1) is 17.1 Å². The number of rotatable bonds is 4. The molecule has 3 nitrogen and oxygen atoms in total. The van der Waals surface area contributed by atoms with E-state index in [0.29, 0.717) is 10.6 Å². The van der Waals surface area contributed by atoms with Gasteiger partial charge in [-0.1, -0.05) is 84.4 Å². The Morgan fingerprint density at radius 2 is 1.53 bits per heavy atom. The molecule has 170 valence electrons. The number of benzene rings is 4. The summed E-state index contributed by atoms with van der Waals surface area (Å²) < 4.78 is 29.2. The minimum atomic E-state index is -3.76. The summed E-state index contributed by atoms with van der Waals surface area (Å²) in [6, 6.07) is 31.2. The zero-order chi connectivity index (χ0) is 23.5. The lowest BCUT2D eigenvalue weighted by atomic mass is 10.00. The van der Waals surface area contributed by atoms with Gasteiger partial charge in [0.25, 0.3) is 10.0 Å². The van der Waals surface area contributed by atoms with Gasteiger partial charge >= 0.3 is 0 Å². The number of anilines is 1.